The average molecular weight is 365 g/mol. The van der Waals surface area contributed by atoms with E-state index in [1.807, 2.05) is 18.8 Å². The van der Waals surface area contributed by atoms with Crippen molar-refractivity contribution in [2.75, 3.05) is 46.2 Å². The third-order valence-electron chi connectivity index (χ3n) is 4.45. The molecular weight excluding hydrogens is 332 g/mol. The van der Waals surface area contributed by atoms with Gasteiger partial charge in [-0.05, 0) is 31.2 Å². The lowest BCUT2D eigenvalue weighted by molar-refractivity contribution is 0.0342. The summed E-state index contributed by atoms with van der Waals surface area (Å²) in [5.41, 5.74) is 2.62. The number of aliphatic imine (C=N–C) groups is 1. The highest BCUT2D eigenvalue weighted by Crippen LogP contribution is 2.19. The molecule has 2 N–H and O–H groups in total. The number of nitrogens with zero attached hydrogens (tertiary/aromatic N) is 2. The van der Waals surface area contributed by atoms with Gasteiger partial charge in [-0.15, -0.1) is 0 Å². The Labute approximate surface area is 156 Å². The molecule has 0 aromatic heterocycles. The topological polar surface area (TPSA) is 48.9 Å². The molecule has 0 aliphatic carbocycles. The second-order valence-electron chi connectivity index (χ2n) is 6.95. The molecule has 0 bridgehead atoms. The largest absolute Gasteiger partial charge is 0.379 e. The summed E-state index contributed by atoms with van der Waals surface area (Å²) in [5.74, 6) is 0.847. The Bertz CT molecular complexity index is 539. The smallest absolute Gasteiger partial charge is 0.191 e. The molecule has 0 spiro atoms. The van der Waals surface area contributed by atoms with Gasteiger partial charge in [-0.1, -0.05) is 24.3 Å². The Hall–Kier alpha value is -1.24. The number of nitrogens with one attached hydrogen (secondary N) is 2. The Balaban J connectivity index is 1.77. The zero-order chi connectivity index (χ0) is 18.1. The maximum atomic E-state index is 5.40. The van der Waals surface area contributed by atoms with E-state index in [0.29, 0.717) is 0 Å². The first-order valence-electron chi connectivity index (χ1n) is 8.90. The summed E-state index contributed by atoms with van der Waals surface area (Å²) in [6, 6.07) is 8.84. The van der Waals surface area contributed by atoms with Gasteiger partial charge in [-0.3, -0.25) is 9.89 Å². The fraction of sp³-hybridized carbons (Fsp3) is 0.632. The second-order valence-corrected chi connectivity index (χ2v) is 8.46. The minimum absolute atomic E-state index is 0.193. The number of benzene rings is 1. The fourth-order valence-corrected chi connectivity index (χ4v) is 2.77. The monoisotopic (exact) mass is 364 g/mol. The third kappa shape index (κ3) is 7.26. The maximum absolute atomic E-state index is 5.40. The number of hydrogen-bond donors (Lipinski definition) is 2. The van der Waals surface area contributed by atoms with Crippen molar-refractivity contribution < 1.29 is 4.74 Å². The Morgan fingerprint density at radius 2 is 1.80 bits per heavy atom. The van der Waals surface area contributed by atoms with E-state index in [1.54, 1.807) is 0 Å². The van der Waals surface area contributed by atoms with E-state index < -0.39 is 0 Å². The van der Waals surface area contributed by atoms with Crippen molar-refractivity contribution in [1.29, 1.82) is 0 Å². The first-order valence-corrected chi connectivity index (χ1v) is 10.1. The predicted molar refractivity (Wildman–Crippen MR) is 108 cm³/mol. The molecule has 1 aromatic carbocycles. The van der Waals surface area contributed by atoms with Gasteiger partial charge in [-0.2, -0.15) is 11.8 Å². The van der Waals surface area contributed by atoms with E-state index in [4.69, 9.17) is 4.74 Å². The van der Waals surface area contributed by atoms with Crippen molar-refractivity contribution in [2.24, 2.45) is 4.99 Å². The molecule has 0 amide bonds. The van der Waals surface area contributed by atoms with Crippen LogP contribution in [0.3, 0.4) is 0 Å². The molecule has 1 saturated heterocycles. The molecule has 5 nitrogen and oxygen atoms in total. The minimum atomic E-state index is 0.193. The van der Waals surface area contributed by atoms with Crippen molar-refractivity contribution >= 4 is 17.7 Å². The van der Waals surface area contributed by atoms with Crippen LogP contribution in [0.5, 0.6) is 0 Å². The van der Waals surface area contributed by atoms with Gasteiger partial charge in [0, 0.05) is 44.5 Å². The summed E-state index contributed by atoms with van der Waals surface area (Å²) >= 11 is 1.85. The van der Waals surface area contributed by atoms with Crippen LogP contribution in [-0.4, -0.2) is 61.8 Å². The molecule has 0 atom stereocenters. The van der Waals surface area contributed by atoms with Gasteiger partial charge in [-0.25, -0.2) is 0 Å². The van der Waals surface area contributed by atoms with Crippen LogP contribution in [0.2, 0.25) is 0 Å². The lowest BCUT2D eigenvalue weighted by Gasteiger charge is -2.26. The molecule has 0 saturated carbocycles. The Morgan fingerprint density at radius 3 is 2.40 bits per heavy atom. The highest BCUT2D eigenvalue weighted by Gasteiger charge is 2.16. The van der Waals surface area contributed by atoms with Crippen LogP contribution < -0.4 is 10.6 Å². The maximum Gasteiger partial charge on any atom is 0.191 e. The Morgan fingerprint density at radius 1 is 1.16 bits per heavy atom. The normalized spacial score (nSPS) is 16.7. The number of ether oxygens (including phenoxy) is 1. The summed E-state index contributed by atoms with van der Waals surface area (Å²) in [7, 11) is 1.81. The SMILES string of the molecule is CN=C(NCc1ccc(CN2CCOCC2)cc1)NCC(C)(C)SC. The van der Waals surface area contributed by atoms with Crippen molar-refractivity contribution in [3.05, 3.63) is 35.4 Å². The van der Waals surface area contributed by atoms with Crippen molar-refractivity contribution in [1.82, 2.24) is 15.5 Å². The van der Waals surface area contributed by atoms with Crippen LogP contribution in [-0.2, 0) is 17.8 Å². The molecule has 1 aliphatic heterocycles. The minimum Gasteiger partial charge on any atom is -0.379 e. The molecule has 1 aliphatic rings. The standard InChI is InChI=1S/C19H32N4OS/c1-19(2,25-4)15-22-18(20-3)21-13-16-5-7-17(8-6-16)14-23-9-11-24-12-10-23/h5-8H,9-15H2,1-4H3,(H2,20,21,22). The van der Waals surface area contributed by atoms with Crippen LogP contribution in [0, 0.1) is 0 Å². The summed E-state index contributed by atoms with van der Waals surface area (Å²) < 4.78 is 5.59. The number of rotatable bonds is 7. The van der Waals surface area contributed by atoms with Crippen LogP contribution in [0.15, 0.2) is 29.3 Å². The summed E-state index contributed by atoms with van der Waals surface area (Å²) in [6.07, 6.45) is 2.14. The van der Waals surface area contributed by atoms with Gasteiger partial charge >= 0.3 is 0 Å². The quantitative estimate of drug-likeness (QED) is 0.574. The van der Waals surface area contributed by atoms with Crippen molar-refractivity contribution in [3.63, 3.8) is 0 Å². The highest BCUT2D eigenvalue weighted by molar-refractivity contribution is 7.99. The van der Waals surface area contributed by atoms with Gasteiger partial charge in [0.15, 0.2) is 5.96 Å². The number of hydrogen-bond acceptors (Lipinski definition) is 4. The van der Waals surface area contributed by atoms with Gasteiger partial charge in [0.05, 0.1) is 13.2 Å². The molecule has 0 unspecified atom stereocenters. The lowest BCUT2D eigenvalue weighted by Crippen LogP contribution is -2.42. The second kappa shape index (κ2) is 10.0. The van der Waals surface area contributed by atoms with E-state index in [2.05, 4.69) is 64.9 Å². The van der Waals surface area contributed by atoms with Gasteiger partial charge in [0.2, 0.25) is 0 Å². The predicted octanol–water partition coefficient (Wildman–Crippen LogP) is 2.33. The molecular formula is C19H32N4OS. The highest BCUT2D eigenvalue weighted by atomic mass is 32.2. The lowest BCUT2D eigenvalue weighted by atomic mass is 10.1. The van der Waals surface area contributed by atoms with Crippen molar-refractivity contribution in [2.45, 2.75) is 31.7 Å². The first-order chi connectivity index (χ1) is 12.0. The molecule has 6 heteroatoms. The number of thioether (sulfide) groups is 1. The summed E-state index contributed by atoms with van der Waals surface area (Å²) in [6.45, 7) is 10.9. The molecule has 1 heterocycles. The van der Waals surface area contributed by atoms with E-state index in [-0.39, 0.29) is 4.75 Å². The van der Waals surface area contributed by atoms with E-state index >= 15 is 0 Å². The van der Waals surface area contributed by atoms with Crippen LogP contribution in [0.4, 0.5) is 0 Å². The van der Waals surface area contributed by atoms with Crippen molar-refractivity contribution in [3.8, 4) is 0 Å². The molecule has 0 radical (unpaired) electrons. The molecule has 140 valence electrons. The number of guanidine groups is 1. The average Bonchev–Trinajstić information content (AvgIpc) is 2.64. The van der Waals surface area contributed by atoms with Gasteiger partial charge in [0.1, 0.15) is 0 Å². The van der Waals surface area contributed by atoms with Gasteiger partial charge in [0.25, 0.3) is 0 Å². The molecule has 25 heavy (non-hydrogen) atoms. The van der Waals surface area contributed by atoms with E-state index in [0.717, 1.165) is 51.9 Å². The fourth-order valence-electron chi connectivity index (χ4n) is 2.56. The third-order valence-corrected chi connectivity index (χ3v) is 5.70. The van der Waals surface area contributed by atoms with E-state index in [9.17, 15) is 0 Å². The first kappa shape index (κ1) is 20.1. The van der Waals surface area contributed by atoms with E-state index in [1.165, 1.54) is 11.1 Å². The van der Waals surface area contributed by atoms with Crippen LogP contribution in [0.1, 0.15) is 25.0 Å². The van der Waals surface area contributed by atoms with Gasteiger partial charge < -0.3 is 15.4 Å². The zero-order valence-corrected chi connectivity index (χ0v) is 16.8. The number of morpholine rings is 1. The van der Waals surface area contributed by atoms with Crippen LogP contribution in [0.25, 0.3) is 0 Å². The molecule has 2 rings (SSSR count). The van der Waals surface area contributed by atoms with Crippen LogP contribution >= 0.6 is 11.8 Å². The molecule has 1 aromatic rings. The zero-order valence-electron chi connectivity index (χ0n) is 16.0. The summed E-state index contributed by atoms with van der Waals surface area (Å²) in [4.78, 5) is 6.74. The molecule has 1 fully saturated rings. The Kier molecular flexibility index (Phi) is 8.06. The summed E-state index contributed by atoms with van der Waals surface area (Å²) in [5, 5.41) is 6.78.